The van der Waals surface area contributed by atoms with Crippen LogP contribution in [0.5, 0.6) is 17.2 Å². The standard InChI is InChI=1S/C15H15NO4/c1-18-11-4-5-14(20-3)13(7-11)15(17)10-6-12(19-2)9-16-8-10/h4-9H,1-3H3. The van der Waals surface area contributed by atoms with Gasteiger partial charge in [0, 0.05) is 11.8 Å². The van der Waals surface area contributed by atoms with E-state index in [1.54, 1.807) is 37.6 Å². The van der Waals surface area contributed by atoms with Crippen molar-refractivity contribution in [1.29, 1.82) is 0 Å². The van der Waals surface area contributed by atoms with Gasteiger partial charge in [0.15, 0.2) is 5.78 Å². The highest BCUT2D eigenvalue weighted by Gasteiger charge is 2.16. The molecular formula is C15H15NO4. The third kappa shape index (κ3) is 2.71. The number of carbonyl (C=O) groups is 1. The van der Waals surface area contributed by atoms with Gasteiger partial charge in [-0.25, -0.2) is 0 Å². The average molecular weight is 273 g/mol. The lowest BCUT2D eigenvalue weighted by atomic mass is 10.0. The van der Waals surface area contributed by atoms with Crippen LogP contribution in [0, 0.1) is 0 Å². The summed E-state index contributed by atoms with van der Waals surface area (Å²) < 4.78 is 15.4. The number of rotatable bonds is 5. The molecule has 0 unspecified atom stereocenters. The van der Waals surface area contributed by atoms with Crippen molar-refractivity contribution in [1.82, 2.24) is 4.98 Å². The largest absolute Gasteiger partial charge is 0.497 e. The Bertz CT molecular complexity index is 625. The molecule has 0 N–H and O–H groups in total. The molecule has 2 rings (SSSR count). The first kappa shape index (κ1) is 13.9. The first-order chi connectivity index (χ1) is 9.69. The van der Waals surface area contributed by atoms with Crippen molar-refractivity contribution in [2.75, 3.05) is 21.3 Å². The Morgan fingerprint density at radius 1 is 0.950 bits per heavy atom. The van der Waals surface area contributed by atoms with Crippen LogP contribution in [0.4, 0.5) is 0 Å². The maximum absolute atomic E-state index is 12.5. The minimum atomic E-state index is -0.202. The monoisotopic (exact) mass is 273 g/mol. The van der Waals surface area contributed by atoms with E-state index >= 15 is 0 Å². The molecule has 0 fully saturated rings. The molecule has 0 saturated heterocycles. The summed E-state index contributed by atoms with van der Waals surface area (Å²) in [5.41, 5.74) is 0.845. The van der Waals surface area contributed by atoms with Crippen molar-refractivity contribution in [2.24, 2.45) is 0 Å². The van der Waals surface area contributed by atoms with Crippen molar-refractivity contribution in [3.8, 4) is 17.2 Å². The van der Waals surface area contributed by atoms with Gasteiger partial charge in [-0.2, -0.15) is 0 Å². The predicted molar refractivity (Wildman–Crippen MR) is 73.8 cm³/mol. The van der Waals surface area contributed by atoms with E-state index in [1.807, 2.05) is 0 Å². The van der Waals surface area contributed by atoms with E-state index < -0.39 is 0 Å². The van der Waals surface area contributed by atoms with Crippen LogP contribution in [-0.2, 0) is 0 Å². The Hall–Kier alpha value is -2.56. The number of nitrogens with zero attached hydrogens (tertiary/aromatic N) is 1. The third-order valence-corrected chi connectivity index (χ3v) is 2.86. The normalized spacial score (nSPS) is 9.95. The van der Waals surface area contributed by atoms with Gasteiger partial charge in [0.25, 0.3) is 0 Å². The lowest BCUT2D eigenvalue weighted by Gasteiger charge is -2.10. The molecule has 1 aromatic carbocycles. The van der Waals surface area contributed by atoms with E-state index in [-0.39, 0.29) is 5.78 Å². The predicted octanol–water partition coefficient (Wildman–Crippen LogP) is 2.34. The lowest BCUT2D eigenvalue weighted by molar-refractivity contribution is 0.103. The number of hydrogen-bond acceptors (Lipinski definition) is 5. The van der Waals surface area contributed by atoms with Crippen molar-refractivity contribution >= 4 is 5.78 Å². The molecule has 0 spiro atoms. The molecule has 0 aliphatic carbocycles. The van der Waals surface area contributed by atoms with E-state index in [0.717, 1.165) is 0 Å². The summed E-state index contributed by atoms with van der Waals surface area (Å²) in [6.07, 6.45) is 3.03. The van der Waals surface area contributed by atoms with Crippen LogP contribution in [0.15, 0.2) is 36.7 Å². The number of pyridine rings is 1. The van der Waals surface area contributed by atoms with Crippen molar-refractivity contribution in [3.05, 3.63) is 47.8 Å². The van der Waals surface area contributed by atoms with Crippen LogP contribution in [0.1, 0.15) is 15.9 Å². The molecule has 0 aliphatic rings. The summed E-state index contributed by atoms with van der Waals surface area (Å²) in [4.78, 5) is 16.5. The van der Waals surface area contributed by atoms with Crippen LogP contribution in [-0.4, -0.2) is 32.1 Å². The third-order valence-electron chi connectivity index (χ3n) is 2.86. The molecule has 0 radical (unpaired) electrons. The van der Waals surface area contributed by atoms with Crippen molar-refractivity contribution < 1.29 is 19.0 Å². The minimum Gasteiger partial charge on any atom is -0.497 e. The maximum atomic E-state index is 12.5. The van der Waals surface area contributed by atoms with Gasteiger partial charge >= 0.3 is 0 Å². The van der Waals surface area contributed by atoms with Crippen molar-refractivity contribution in [3.63, 3.8) is 0 Å². The molecule has 1 aromatic heterocycles. The highest BCUT2D eigenvalue weighted by atomic mass is 16.5. The highest BCUT2D eigenvalue weighted by Crippen LogP contribution is 2.26. The SMILES string of the molecule is COc1cncc(C(=O)c2cc(OC)ccc2OC)c1. The number of benzene rings is 1. The second kappa shape index (κ2) is 6.06. The molecule has 0 saturated carbocycles. The van der Waals surface area contributed by atoms with Crippen LogP contribution in [0.25, 0.3) is 0 Å². The van der Waals surface area contributed by atoms with E-state index in [2.05, 4.69) is 4.98 Å². The van der Waals surface area contributed by atoms with E-state index in [0.29, 0.717) is 28.4 Å². The maximum Gasteiger partial charge on any atom is 0.198 e. The van der Waals surface area contributed by atoms with Crippen LogP contribution < -0.4 is 14.2 Å². The fourth-order valence-corrected chi connectivity index (χ4v) is 1.80. The molecule has 104 valence electrons. The number of ether oxygens (including phenoxy) is 3. The Balaban J connectivity index is 2.46. The summed E-state index contributed by atoms with van der Waals surface area (Å²) in [7, 11) is 4.59. The number of ketones is 1. The molecule has 20 heavy (non-hydrogen) atoms. The molecule has 1 heterocycles. The molecule has 0 amide bonds. The number of carbonyl (C=O) groups excluding carboxylic acids is 1. The molecule has 0 atom stereocenters. The van der Waals surface area contributed by atoms with E-state index in [9.17, 15) is 4.79 Å². The fourth-order valence-electron chi connectivity index (χ4n) is 1.80. The summed E-state index contributed by atoms with van der Waals surface area (Å²) in [6.45, 7) is 0. The summed E-state index contributed by atoms with van der Waals surface area (Å²) >= 11 is 0. The second-order valence-electron chi connectivity index (χ2n) is 4.01. The molecule has 0 aliphatic heterocycles. The molecule has 5 nitrogen and oxygen atoms in total. The Morgan fingerprint density at radius 3 is 2.35 bits per heavy atom. The zero-order valence-corrected chi connectivity index (χ0v) is 11.5. The molecule has 0 bridgehead atoms. The van der Waals surface area contributed by atoms with Crippen LogP contribution in [0.3, 0.4) is 0 Å². The first-order valence-electron chi connectivity index (χ1n) is 5.95. The Morgan fingerprint density at radius 2 is 1.70 bits per heavy atom. The summed E-state index contributed by atoms with van der Waals surface area (Å²) in [6, 6.07) is 6.70. The van der Waals surface area contributed by atoms with Gasteiger partial charge < -0.3 is 14.2 Å². The topological polar surface area (TPSA) is 57.7 Å². The molecule has 5 heteroatoms. The minimum absolute atomic E-state index is 0.202. The summed E-state index contributed by atoms with van der Waals surface area (Å²) in [5, 5.41) is 0. The fraction of sp³-hybridized carbons (Fsp3) is 0.200. The average Bonchev–Trinajstić information content (AvgIpc) is 2.53. The number of hydrogen-bond donors (Lipinski definition) is 0. The zero-order valence-electron chi connectivity index (χ0n) is 11.5. The van der Waals surface area contributed by atoms with E-state index in [4.69, 9.17) is 14.2 Å². The molecular weight excluding hydrogens is 258 g/mol. The first-order valence-corrected chi connectivity index (χ1v) is 5.95. The van der Waals surface area contributed by atoms with Gasteiger partial charge in [0.05, 0.1) is 33.1 Å². The lowest BCUT2D eigenvalue weighted by Crippen LogP contribution is -2.05. The van der Waals surface area contributed by atoms with Crippen molar-refractivity contribution in [2.45, 2.75) is 0 Å². The number of aromatic nitrogens is 1. The van der Waals surface area contributed by atoms with E-state index in [1.165, 1.54) is 20.4 Å². The molecule has 2 aromatic rings. The quantitative estimate of drug-likeness (QED) is 0.783. The Kier molecular flexibility index (Phi) is 4.20. The summed E-state index contributed by atoms with van der Waals surface area (Å²) in [5.74, 6) is 1.40. The Labute approximate surface area is 117 Å². The highest BCUT2D eigenvalue weighted by molar-refractivity contribution is 6.11. The van der Waals surface area contributed by atoms with Crippen LogP contribution >= 0.6 is 0 Å². The second-order valence-corrected chi connectivity index (χ2v) is 4.01. The van der Waals surface area contributed by atoms with Gasteiger partial charge in [0.1, 0.15) is 17.2 Å². The van der Waals surface area contributed by atoms with Crippen LogP contribution in [0.2, 0.25) is 0 Å². The number of methoxy groups -OCH3 is 3. The van der Waals surface area contributed by atoms with Gasteiger partial charge in [-0.05, 0) is 24.3 Å². The van der Waals surface area contributed by atoms with Gasteiger partial charge in [-0.1, -0.05) is 0 Å². The van der Waals surface area contributed by atoms with Gasteiger partial charge in [-0.3, -0.25) is 9.78 Å². The zero-order chi connectivity index (χ0) is 14.5. The van der Waals surface area contributed by atoms with Gasteiger partial charge in [-0.15, -0.1) is 0 Å². The van der Waals surface area contributed by atoms with Gasteiger partial charge in [0.2, 0.25) is 0 Å². The smallest absolute Gasteiger partial charge is 0.198 e.